The second-order valence-corrected chi connectivity index (χ2v) is 7.65. The van der Waals surface area contributed by atoms with Crippen LogP contribution in [0.15, 0.2) is 77.7 Å². The number of carbonyl (C=O) groups excluding carboxylic acids is 1. The molecule has 0 bridgehead atoms. The van der Waals surface area contributed by atoms with Gasteiger partial charge in [-0.05, 0) is 55.8 Å². The van der Waals surface area contributed by atoms with Crippen LogP contribution in [0.4, 0.5) is 0 Å². The van der Waals surface area contributed by atoms with E-state index in [1.54, 1.807) is 30.5 Å². The van der Waals surface area contributed by atoms with Crippen LogP contribution >= 0.6 is 0 Å². The number of nitrogens with zero attached hydrogens (tertiary/aromatic N) is 4. The Kier molecular flexibility index (Phi) is 5.89. The molecule has 3 aromatic heterocycles. The maximum atomic E-state index is 12.6. The number of aromatic nitrogens is 3. The van der Waals surface area contributed by atoms with Gasteiger partial charge in [-0.15, -0.1) is 0 Å². The Balaban J connectivity index is 1.41. The van der Waals surface area contributed by atoms with Gasteiger partial charge in [0, 0.05) is 42.8 Å². The van der Waals surface area contributed by atoms with E-state index in [0.29, 0.717) is 13.1 Å². The van der Waals surface area contributed by atoms with E-state index in [-0.39, 0.29) is 5.91 Å². The first-order chi connectivity index (χ1) is 15.0. The van der Waals surface area contributed by atoms with Gasteiger partial charge in [0.25, 0.3) is 0 Å². The van der Waals surface area contributed by atoms with Crippen LogP contribution in [-0.4, -0.2) is 32.2 Å². The topological polar surface area (TPSA) is 56.2 Å². The Morgan fingerprint density at radius 1 is 1.16 bits per heavy atom. The summed E-state index contributed by atoms with van der Waals surface area (Å²) < 4.78 is 9.47. The molecule has 0 spiro atoms. The summed E-state index contributed by atoms with van der Waals surface area (Å²) in [5, 5.41) is 4.40. The molecule has 4 rings (SSSR count). The van der Waals surface area contributed by atoms with E-state index >= 15 is 0 Å². The van der Waals surface area contributed by atoms with Crippen molar-refractivity contribution in [2.24, 2.45) is 0 Å². The number of furan rings is 1. The zero-order chi connectivity index (χ0) is 21.8. The van der Waals surface area contributed by atoms with Gasteiger partial charge in [-0.2, -0.15) is 5.10 Å². The van der Waals surface area contributed by atoms with Crippen LogP contribution < -0.4 is 0 Å². The van der Waals surface area contributed by atoms with Crippen molar-refractivity contribution >= 4 is 12.0 Å². The summed E-state index contributed by atoms with van der Waals surface area (Å²) in [5.41, 5.74) is 5.23. The molecule has 4 aromatic rings. The second kappa shape index (κ2) is 8.92. The molecule has 0 atom stereocenters. The maximum absolute atomic E-state index is 12.6. The highest BCUT2D eigenvalue weighted by Gasteiger charge is 2.11. The Morgan fingerprint density at radius 3 is 2.71 bits per heavy atom. The van der Waals surface area contributed by atoms with Crippen LogP contribution in [0.5, 0.6) is 0 Å². The van der Waals surface area contributed by atoms with E-state index in [1.807, 2.05) is 59.4 Å². The van der Waals surface area contributed by atoms with Crippen molar-refractivity contribution in [3.05, 3.63) is 102 Å². The zero-order valence-corrected chi connectivity index (χ0v) is 18.0. The van der Waals surface area contributed by atoms with Gasteiger partial charge in [0.1, 0.15) is 5.76 Å². The lowest BCUT2D eigenvalue weighted by molar-refractivity contribution is -0.125. The van der Waals surface area contributed by atoms with Gasteiger partial charge < -0.3 is 13.9 Å². The van der Waals surface area contributed by atoms with Gasteiger partial charge in [-0.25, -0.2) is 4.68 Å². The Bertz CT molecular complexity index is 1180. The minimum Gasteiger partial charge on any atom is -0.467 e. The third kappa shape index (κ3) is 4.69. The Hall–Kier alpha value is -3.80. The molecule has 0 aliphatic rings. The summed E-state index contributed by atoms with van der Waals surface area (Å²) in [6, 6.07) is 15.9. The van der Waals surface area contributed by atoms with Crippen LogP contribution in [0.3, 0.4) is 0 Å². The van der Waals surface area contributed by atoms with Crippen LogP contribution in [0, 0.1) is 13.8 Å². The first-order valence-corrected chi connectivity index (χ1v) is 10.2. The fourth-order valence-corrected chi connectivity index (χ4v) is 3.60. The standard InChI is InChI=1S/C25H26N4O2/c1-19-14-22(20(2)28(19)18-24-10-7-13-31-24)11-12-25(30)27(3)16-21-15-26-29(17-21)23-8-5-4-6-9-23/h4-15,17H,16,18H2,1-3H3. The van der Waals surface area contributed by atoms with Crippen molar-refractivity contribution in [1.29, 1.82) is 0 Å². The number of likely N-dealkylation sites (N-methyl/N-ethyl adjacent to an activating group) is 1. The van der Waals surface area contributed by atoms with Crippen LogP contribution in [0.2, 0.25) is 0 Å². The molecule has 6 heteroatoms. The van der Waals surface area contributed by atoms with E-state index in [2.05, 4.69) is 29.6 Å². The fourth-order valence-electron chi connectivity index (χ4n) is 3.60. The molecule has 1 amide bonds. The third-order valence-corrected chi connectivity index (χ3v) is 5.37. The minimum absolute atomic E-state index is 0.0525. The van der Waals surface area contributed by atoms with Crippen molar-refractivity contribution in [1.82, 2.24) is 19.2 Å². The summed E-state index contributed by atoms with van der Waals surface area (Å²) in [7, 11) is 1.80. The highest BCUT2D eigenvalue weighted by Crippen LogP contribution is 2.19. The molecule has 0 fully saturated rings. The van der Waals surface area contributed by atoms with Gasteiger partial charge in [0.2, 0.25) is 5.91 Å². The molecule has 31 heavy (non-hydrogen) atoms. The average molecular weight is 415 g/mol. The second-order valence-electron chi connectivity index (χ2n) is 7.65. The van der Waals surface area contributed by atoms with Gasteiger partial charge in [0.15, 0.2) is 0 Å². The number of aryl methyl sites for hydroxylation is 1. The van der Waals surface area contributed by atoms with Crippen LogP contribution in [0.25, 0.3) is 11.8 Å². The van der Waals surface area contributed by atoms with Gasteiger partial charge in [-0.1, -0.05) is 18.2 Å². The van der Waals surface area contributed by atoms with E-state index in [4.69, 9.17) is 4.42 Å². The van der Waals surface area contributed by atoms with Gasteiger partial charge >= 0.3 is 0 Å². The molecule has 0 saturated carbocycles. The van der Waals surface area contributed by atoms with Gasteiger partial charge in [-0.3, -0.25) is 4.79 Å². The fraction of sp³-hybridized carbons (Fsp3) is 0.200. The molecule has 0 aliphatic heterocycles. The Morgan fingerprint density at radius 2 is 1.97 bits per heavy atom. The molecular formula is C25H26N4O2. The first kappa shape index (κ1) is 20.5. The van der Waals surface area contributed by atoms with E-state index in [0.717, 1.165) is 34.0 Å². The monoisotopic (exact) mass is 414 g/mol. The number of carbonyl (C=O) groups is 1. The lowest BCUT2D eigenvalue weighted by atomic mass is 10.2. The molecule has 0 aliphatic carbocycles. The normalized spacial score (nSPS) is 11.3. The largest absolute Gasteiger partial charge is 0.467 e. The highest BCUT2D eigenvalue weighted by molar-refractivity contribution is 5.91. The van der Waals surface area contributed by atoms with Crippen molar-refractivity contribution < 1.29 is 9.21 Å². The number of hydrogen-bond donors (Lipinski definition) is 0. The summed E-state index contributed by atoms with van der Waals surface area (Å²) in [4.78, 5) is 14.3. The van der Waals surface area contributed by atoms with Crippen molar-refractivity contribution in [2.45, 2.75) is 26.9 Å². The zero-order valence-electron chi connectivity index (χ0n) is 18.0. The third-order valence-electron chi connectivity index (χ3n) is 5.37. The predicted octanol–water partition coefficient (Wildman–Crippen LogP) is 4.60. The molecule has 158 valence electrons. The Labute approximate surface area is 182 Å². The number of rotatable bonds is 7. The molecule has 3 heterocycles. The lowest BCUT2D eigenvalue weighted by Gasteiger charge is -2.13. The summed E-state index contributed by atoms with van der Waals surface area (Å²) in [6.07, 6.45) is 8.93. The number of hydrogen-bond acceptors (Lipinski definition) is 3. The number of benzene rings is 1. The van der Waals surface area contributed by atoms with Gasteiger partial charge in [0.05, 0.1) is 24.7 Å². The summed E-state index contributed by atoms with van der Waals surface area (Å²) in [6.45, 7) is 5.29. The molecular weight excluding hydrogens is 388 g/mol. The quantitative estimate of drug-likeness (QED) is 0.415. The van der Waals surface area contributed by atoms with Crippen LogP contribution in [-0.2, 0) is 17.9 Å². The first-order valence-electron chi connectivity index (χ1n) is 10.2. The molecule has 1 aromatic carbocycles. The maximum Gasteiger partial charge on any atom is 0.246 e. The molecule has 6 nitrogen and oxygen atoms in total. The predicted molar refractivity (Wildman–Crippen MR) is 121 cm³/mol. The molecule has 0 N–H and O–H groups in total. The average Bonchev–Trinajstić information content (AvgIpc) is 3.51. The number of amides is 1. The van der Waals surface area contributed by atoms with Crippen molar-refractivity contribution in [2.75, 3.05) is 7.05 Å². The van der Waals surface area contributed by atoms with Crippen molar-refractivity contribution in [3.63, 3.8) is 0 Å². The molecule has 0 radical (unpaired) electrons. The SMILES string of the molecule is Cc1cc(C=CC(=O)N(C)Cc2cnn(-c3ccccc3)c2)c(C)n1Cc1ccco1. The highest BCUT2D eigenvalue weighted by atomic mass is 16.3. The van der Waals surface area contributed by atoms with E-state index in [9.17, 15) is 4.79 Å². The van der Waals surface area contributed by atoms with E-state index in [1.165, 1.54) is 0 Å². The lowest BCUT2D eigenvalue weighted by Crippen LogP contribution is -2.23. The van der Waals surface area contributed by atoms with Crippen molar-refractivity contribution in [3.8, 4) is 5.69 Å². The summed E-state index contributed by atoms with van der Waals surface area (Å²) in [5.74, 6) is 0.854. The van der Waals surface area contributed by atoms with Crippen LogP contribution in [0.1, 0.15) is 28.3 Å². The minimum atomic E-state index is -0.0525. The molecule has 0 saturated heterocycles. The summed E-state index contributed by atoms with van der Waals surface area (Å²) >= 11 is 0. The molecule has 0 unspecified atom stereocenters. The number of para-hydroxylation sites is 1. The van der Waals surface area contributed by atoms with E-state index < -0.39 is 0 Å². The smallest absolute Gasteiger partial charge is 0.246 e.